The van der Waals surface area contributed by atoms with Gasteiger partial charge >= 0.3 is 0 Å². The Hall–Kier alpha value is -2.22. The predicted molar refractivity (Wildman–Crippen MR) is 117 cm³/mol. The summed E-state index contributed by atoms with van der Waals surface area (Å²) in [4.78, 5) is 12.2. The van der Waals surface area contributed by atoms with Gasteiger partial charge in [-0.2, -0.15) is 0 Å². The van der Waals surface area contributed by atoms with Crippen LogP contribution >= 0.6 is 35.0 Å². The van der Waals surface area contributed by atoms with Crippen molar-refractivity contribution in [2.24, 2.45) is 7.05 Å². The highest BCUT2D eigenvalue weighted by atomic mass is 35.5. The molecule has 1 heterocycles. The van der Waals surface area contributed by atoms with Crippen molar-refractivity contribution in [3.05, 3.63) is 63.4 Å². The number of carbonyl (C=O) groups is 1. The lowest BCUT2D eigenvalue weighted by Crippen LogP contribution is -2.14. The van der Waals surface area contributed by atoms with Crippen molar-refractivity contribution in [1.29, 1.82) is 0 Å². The number of hydrogen-bond donors (Lipinski definition) is 1. The van der Waals surface area contributed by atoms with Crippen LogP contribution in [0.1, 0.15) is 17.0 Å². The second-order valence-corrected chi connectivity index (χ2v) is 8.24. The molecular formula is C20H20Cl2N4O2S. The number of benzene rings is 2. The molecule has 29 heavy (non-hydrogen) atoms. The Morgan fingerprint density at radius 2 is 1.93 bits per heavy atom. The third kappa shape index (κ3) is 5.65. The van der Waals surface area contributed by atoms with Crippen molar-refractivity contribution in [1.82, 2.24) is 14.8 Å². The Morgan fingerprint density at radius 1 is 1.14 bits per heavy atom. The smallest absolute Gasteiger partial charge is 0.234 e. The van der Waals surface area contributed by atoms with Crippen molar-refractivity contribution in [3.63, 3.8) is 0 Å². The van der Waals surface area contributed by atoms with Gasteiger partial charge in [-0.15, -0.1) is 10.2 Å². The normalized spacial score (nSPS) is 10.8. The fourth-order valence-electron chi connectivity index (χ4n) is 2.47. The molecule has 0 saturated heterocycles. The fourth-order valence-corrected chi connectivity index (χ4v) is 3.54. The second kappa shape index (κ2) is 9.52. The SMILES string of the molecule is Cc1ccc(NC(=O)CSc2nnc(COc3cc(Cl)ccc3Cl)n2C)cc1C. The summed E-state index contributed by atoms with van der Waals surface area (Å²) in [6, 6.07) is 10.8. The number of anilines is 1. The molecular weight excluding hydrogens is 431 g/mol. The number of nitrogens with one attached hydrogen (secondary N) is 1. The molecule has 152 valence electrons. The number of ether oxygens (including phenoxy) is 1. The lowest BCUT2D eigenvalue weighted by molar-refractivity contribution is -0.113. The molecule has 3 rings (SSSR count). The zero-order valence-electron chi connectivity index (χ0n) is 16.2. The second-order valence-electron chi connectivity index (χ2n) is 6.46. The zero-order chi connectivity index (χ0) is 21.0. The topological polar surface area (TPSA) is 69.0 Å². The van der Waals surface area contributed by atoms with Crippen molar-refractivity contribution >= 4 is 46.6 Å². The molecule has 0 radical (unpaired) electrons. The van der Waals surface area contributed by atoms with Crippen molar-refractivity contribution in [2.75, 3.05) is 11.1 Å². The minimum Gasteiger partial charge on any atom is -0.484 e. The molecule has 0 bridgehead atoms. The van der Waals surface area contributed by atoms with Crippen LogP contribution in [0.3, 0.4) is 0 Å². The van der Waals surface area contributed by atoms with Crippen LogP contribution in [0.2, 0.25) is 10.0 Å². The summed E-state index contributed by atoms with van der Waals surface area (Å²) in [6.07, 6.45) is 0. The Balaban J connectivity index is 1.55. The van der Waals surface area contributed by atoms with E-state index in [2.05, 4.69) is 15.5 Å². The molecule has 0 unspecified atom stereocenters. The number of hydrogen-bond acceptors (Lipinski definition) is 5. The van der Waals surface area contributed by atoms with E-state index in [4.69, 9.17) is 27.9 Å². The minimum absolute atomic E-state index is 0.107. The van der Waals surface area contributed by atoms with Gasteiger partial charge in [-0.3, -0.25) is 4.79 Å². The van der Waals surface area contributed by atoms with Gasteiger partial charge in [0.1, 0.15) is 12.4 Å². The van der Waals surface area contributed by atoms with Crippen LogP contribution in [0.15, 0.2) is 41.6 Å². The van der Waals surface area contributed by atoms with Crippen LogP contribution in [0.4, 0.5) is 5.69 Å². The van der Waals surface area contributed by atoms with E-state index in [1.54, 1.807) is 22.8 Å². The highest BCUT2D eigenvalue weighted by Gasteiger charge is 2.13. The van der Waals surface area contributed by atoms with Crippen LogP contribution in [-0.4, -0.2) is 26.4 Å². The summed E-state index contributed by atoms with van der Waals surface area (Å²) in [5.41, 5.74) is 3.10. The number of rotatable bonds is 7. The van der Waals surface area contributed by atoms with Crippen LogP contribution in [0.25, 0.3) is 0 Å². The molecule has 9 heteroatoms. The first-order valence-corrected chi connectivity index (χ1v) is 10.5. The molecule has 1 N–H and O–H groups in total. The van der Waals surface area contributed by atoms with Gasteiger partial charge in [-0.1, -0.05) is 41.0 Å². The van der Waals surface area contributed by atoms with Crippen LogP contribution in [0.5, 0.6) is 5.75 Å². The number of aromatic nitrogens is 3. The highest BCUT2D eigenvalue weighted by molar-refractivity contribution is 7.99. The summed E-state index contributed by atoms with van der Waals surface area (Å²) in [5.74, 6) is 1.20. The number of aryl methyl sites for hydroxylation is 2. The van der Waals surface area contributed by atoms with Gasteiger partial charge in [0.05, 0.1) is 10.8 Å². The Morgan fingerprint density at radius 3 is 2.69 bits per heavy atom. The molecule has 2 aromatic carbocycles. The molecule has 1 aromatic heterocycles. The summed E-state index contributed by atoms with van der Waals surface area (Å²) >= 11 is 13.4. The van der Waals surface area contributed by atoms with E-state index in [1.165, 1.54) is 17.3 Å². The first-order valence-electron chi connectivity index (χ1n) is 8.79. The minimum atomic E-state index is -0.107. The molecule has 0 saturated carbocycles. The number of carbonyl (C=O) groups excluding carboxylic acids is 1. The van der Waals surface area contributed by atoms with Crippen molar-refractivity contribution in [2.45, 2.75) is 25.6 Å². The van der Waals surface area contributed by atoms with E-state index in [0.717, 1.165) is 11.3 Å². The molecule has 1 amide bonds. The Bertz CT molecular complexity index is 1040. The fraction of sp³-hybridized carbons (Fsp3) is 0.250. The van der Waals surface area contributed by atoms with E-state index in [0.29, 0.717) is 26.8 Å². The van der Waals surface area contributed by atoms with Gasteiger partial charge in [0.2, 0.25) is 5.91 Å². The first kappa shape index (κ1) is 21.5. The van der Waals surface area contributed by atoms with Crippen molar-refractivity contribution in [3.8, 4) is 5.75 Å². The Labute approximate surface area is 183 Å². The first-order chi connectivity index (χ1) is 13.8. The number of nitrogens with zero attached hydrogens (tertiary/aromatic N) is 3. The Kier molecular flexibility index (Phi) is 7.05. The molecule has 3 aromatic rings. The molecule has 0 spiro atoms. The third-order valence-electron chi connectivity index (χ3n) is 4.30. The monoisotopic (exact) mass is 450 g/mol. The largest absolute Gasteiger partial charge is 0.484 e. The van der Waals surface area contributed by atoms with Gasteiger partial charge in [0.15, 0.2) is 11.0 Å². The average molecular weight is 451 g/mol. The molecule has 0 aliphatic carbocycles. The van der Waals surface area contributed by atoms with Crippen molar-refractivity contribution < 1.29 is 9.53 Å². The van der Waals surface area contributed by atoms with E-state index in [1.807, 2.05) is 39.1 Å². The zero-order valence-corrected chi connectivity index (χ0v) is 18.5. The molecule has 0 aliphatic heterocycles. The molecule has 0 atom stereocenters. The maximum Gasteiger partial charge on any atom is 0.234 e. The van der Waals surface area contributed by atoms with E-state index < -0.39 is 0 Å². The average Bonchev–Trinajstić information content (AvgIpc) is 3.03. The lowest BCUT2D eigenvalue weighted by atomic mass is 10.1. The standard InChI is InChI=1S/C20H20Cl2N4O2S/c1-12-4-6-15(8-13(12)2)23-19(27)11-29-20-25-24-18(26(20)3)10-28-17-9-14(21)5-7-16(17)22/h4-9H,10-11H2,1-3H3,(H,23,27). The summed E-state index contributed by atoms with van der Waals surface area (Å²) < 4.78 is 7.48. The molecule has 0 fully saturated rings. The quantitative estimate of drug-likeness (QED) is 0.510. The number of halogens is 2. The summed E-state index contributed by atoms with van der Waals surface area (Å²) in [7, 11) is 1.82. The van der Waals surface area contributed by atoms with Crippen LogP contribution in [0, 0.1) is 13.8 Å². The van der Waals surface area contributed by atoms with Gasteiger partial charge in [0.25, 0.3) is 0 Å². The number of amides is 1. The van der Waals surface area contributed by atoms with Gasteiger partial charge in [0, 0.05) is 23.8 Å². The summed E-state index contributed by atoms with van der Waals surface area (Å²) in [6.45, 7) is 4.23. The summed E-state index contributed by atoms with van der Waals surface area (Å²) in [5, 5.41) is 12.8. The highest BCUT2D eigenvalue weighted by Crippen LogP contribution is 2.28. The number of thioether (sulfide) groups is 1. The third-order valence-corrected chi connectivity index (χ3v) is 5.87. The van der Waals surface area contributed by atoms with Gasteiger partial charge in [-0.25, -0.2) is 0 Å². The molecule has 0 aliphatic rings. The van der Waals surface area contributed by atoms with Crippen LogP contribution < -0.4 is 10.1 Å². The lowest BCUT2D eigenvalue weighted by Gasteiger charge is -2.09. The maximum absolute atomic E-state index is 12.2. The van der Waals surface area contributed by atoms with Gasteiger partial charge in [-0.05, 0) is 49.2 Å². The maximum atomic E-state index is 12.2. The van der Waals surface area contributed by atoms with E-state index >= 15 is 0 Å². The van der Waals surface area contributed by atoms with E-state index in [9.17, 15) is 4.79 Å². The predicted octanol–water partition coefficient (Wildman–Crippen LogP) is 5.05. The molecule has 6 nitrogen and oxygen atoms in total. The van der Waals surface area contributed by atoms with Crippen LogP contribution in [-0.2, 0) is 18.4 Å². The van der Waals surface area contributed by atoms with Gasteiger partial charge < -0.3 is 14.6 Å². The van der Waals surface area contributed by atoms with E-state index in [-0.39, 0.29) is 18.3 Å².